The number of ether oxygens (including phenoxy) is 2. The van der Waals surface area contributed by atoms with E-state index in [0.717, 1.165) is 16.4 Å². The molecular formula is C16H25NO5S2. The highest BCUT2D eigenvalue weighted by atomic mass is 33.1. The second-order valence-corrected chi connectivity index (χ2v) is 10.3. The van der Waals surface area contributed by atoms with E-state index in [0.29, 0.717) is 0 Å². The maximum absolute atomic E-state index is 12.3. The van der Waals surface area contributed by atoms with Crippen molar-refractivity contribution in [2.24, 2.45) is 0 Å². The molecule has 0 radical (unpaired) electrons. The second kappa shape index (κ2) is 8.73. The number of hydrogen-bond acceptors (Lipinski definition) is 6. The van der Waals surface area contributed by atoms with Gasteiger partial charge in [-0.25, -0.2) is 13.2 Å². The van der Waals surface area contributed by atoms with Crippen molar-refractivity contribution < 1.29 is 22.7 Å². The largest absolute Gasteiger partial charge is 0.444 e. The maximum atomic E-state index is 12.3. The maximum Gasteiger partial charge on any atom is 0.407 e. The summed E-state index contributed by atoms with van der Waals surface area (Å²) in [6.45, 7) is 7.36. The van der Waals surface area contributed by atoms with E-state index in [9.17, 15) is 13.2 Å². The Morgan fingerprint density at radius 1 is 1.25 bits per heavy atom. The summed E-state index contributed by atoms with van der Waals surface area (Å²) in [5, 5.41) is 2.64. The molecule has 0 unspecified atom stereocenters. The Hall–Kier alpha value is -1.25. The van der Waals surface area contributed by atoms with Gasteiger partial charge in [0.05, 0.1) is 17.5 Å². The third-order valence-electron chi connectivity index (χ3n) is 2.82. The average Bonchev–Trinajstić information content (AvgIpc) is 2.43. The van der Waals surface area contributed by atoms with Crippen LogP contribution in [0.5, 0.6) is 0 Å². The van der Waals surface area contributed by atoms with Crippen molar-refractivity contribution in [3.05, 3.63) is 29.8 Å². The molecule has 1 atom stereocenters. The van der Waals surface area contributed by atoms with Gasteiger partial charge in [0.1, 0.15) is 5.60 Å². The van der Waals surface area contributed by atoms with Crippen LogP contribution in [0.4, 0.5) is 4.79 Å². The minimum Gasteiger partial charge on any atom is -0.444 e. The SMILES string of the molecule is COC[C@H](CSS(=O)(=O)c1ccc(C)cc1)NC(=O)OC(C)(C)C. The van der Waals surface area contributed by atoms with Crippen LogP contribution in [-0.2, 0) is 18.3 Å². The molecule has 1 rings (SSSR count). The highest BCUT2D eigenvalue weighted by Gasteiger charge is 2.22. The lowest BCUT2D eigenvalue weighted by Crippen LogP contribution is -2.43. The van der Waals surface area contributed by atoms with E-state index in [1.807, 2.05) is 6.92 Å². The van der Waals surface area contributed by atoms with E-state index in [4.69, 9.17) is 9.47 Å². The van der Waals surface area contributed by atoms with E-state index >= 15 is 0 Å². The minimum atomic E-state index is -3.49. The molecule has 1 amide bonds. The number of methoxy groups -OCH3 is 1. The third kappa shape index (κ3) is 7.55. The minimum absolute atomic E-state index is 0.156. The molecule has 8 heteroatoms. The van der Waals surface area contributed by atoms with Crippen LogP contribution in [0.2, 0.25) is 0 Å². The van der Waals surface area contributed by atoms with Gasteiger partial charge in [0, 0.05) is 12.9 Å². The van der Waals surface area contributed by atoms with Crippen LogP contribution in [0.15, 0.2) is 29.2 Å². The van der Waals surface area contributed by atoms with E-state index < -0.39 is 26.6 Å². The Bertz CT molecular complexity index is 635. The van der Waals surface area contributed by atoms with Crippen LogP contribution in [0.1, 0.15) is 26.3 Å². The van der Waals surface area contributed by atoms with Crippen molar-refractivity contribution in [2.75, 3.05) is 19.5 Å². The zero-order valence-corrected chi connectivity index (χ0v) is 16.3. The molecule has 0 aliphatic carbocycles. The summed E-state index contributed by atoms with van der Waals surface area (Å²) in [5.41, 5.74) is 0.367. The number of hydrogen-bond donors (Lipinski definition) is 1. The Balaban J connectivity index is 2.68. The van der Waals surface area contributed by atoms with Crippen LogP contribution < -0.4 is 5.32 Å². The molecule has 1 N–H and O–H groups in total. The Morgan fingerprint density at radius 3 is 2.33 bits per heavy atom. The number of carbonyl (C=O) groups is 1. The number of nitrogens with one attached hydrogen (secondary N) is 1. The van der Waals surface area contributed by atoms with Crippen molar-refractivity contribution in [1.29, 1.82) is 0 Å². The van der Waals surface area contributed by atoms with Gasteiger partial charge in [0.15, 0.2) is 0 Å². The van der Waals surface area contributed by atoms with Gasteiger partial charge < -0.3 is 14.8 Å². The summed E-state index contributed by atoms with van der Waals surface area (Å²) in [5.74, 6) is 0.156. The molecule has 0 bridgehead atoms. The topological polar surface area (TPSA) is 81.7 Å². The number of alkyl carbamates (subject to hydrolysis) is 1. The molecule has 0 heterocycles. The lowest BCUT2D eigenvalue weighted by Gasteiger charge is -2.23. The molecule has 0 aliphatic rings. The van der Waals surface area contributed by atoms with Gasteiger partial charge in [0.25, 0.3) is 0 Å². The second-order valence-electron chi connectivity index (χ2n) is 6.35. The number of benzene rings is 1. The van der Waals surface area contributed by atoms with E-state index in [1.54, 1.807) is 45.0 Å². The summed E-state index contributed by atoms with van der Waals surface area (Å²) in [6.07, 6.45) is -0.599. The summed E-state index contributed by atoms with van der Waals surface area (Å²) < 4.78 is 34.9. The first-order chi connectivity index (χ1) is 11.0. The summed E-state index contributed by atoms with van der Waals surface area (Å²) >= 11 is 0. The molecule has 0 fully saturated rings. The number of aryl methyl sites for hydroxylation is 1. The smallest absolute Gasteiger partial charge is 0.407 e. The van der Waals surface area contributed by atoms with Gasteiger partial charge in [-0.1, -0.05) is 17.7 Å². The highest BCUT2D eigenvalue weighted by molar-refractivity contribution is 8.72. The zero-order valence-electron chi connectivity index (χ0n) is 14.7. The molecule has 0 aliphatic heterocycles. The van der Waals surface area contributed by atoms with Crippen molar-refractivity contribution >= 4 is 25.8 Å². The Kier molecular flexibility index (Phi) is 7.56. The fourth-order valence-electron chi connectivity index (χ4n) is 1.75. The van der Waals surface area contributed by atoms with Gasteiger partial charge in [-0.3, -0.25) is 0 Å². The van der Waals surface area contributed by atoms with Crippen LogP contribution in [0.25, 0.3) is 0 Å². The molecular weight excluding hydrogens is 350 g/mol. The Labute approximate surface area is 147 Å². The summed E-state index contributed by atoms with van der Waals surface area (Å²) in [7, 11) is -1.24. The fourth-order valence-corrected chi connectivity index (χ4v) is 4.65. The van der Waals surface area contributed by atoms with Crippen LogP contribution >= 0.6 is 10.8 Å². The number of carbonyl (C=O) groups excluding carboxylic acids is 1. The molecule has 24 heavy (non-hydrogen) atoms. The first kappa shape index (κ1) is 20.8. The predicted octanol–water partition coefficient (Wildman–Crippen LogP) is 2.96. The van der Waals surface area contributed by atoms with Gasteiger partial charge in [-0.15, -0.1) is 0 Å². The van der Waals surface area contributed by atoms with Crippen molar-refractivity contribution in [3.63, 3.8) is 0 Å². The molecule has 6 nitrogen and oxygen atoms in total. The van der Waals surface area contributed by atoms with Crippen molar-refractivity contribution in [2.45, 2.75) is 44.2 Å². The van der Waals surface area contributed by atoms with E-state index in [1.165, 1.54) is 7.11 Å². The summed E-state index contributed by atoms with van der Waals surface area (Å²) in [4.78, 5) is 12.1. The highest BCUT2D eigenvalue weighted by Crippen LogP contribution is 2.24. The average molecular weight is 376 g/mol. The standard InChI is InChI=1S/C16H25NO5S2/c1-12-6-8-14(9-7-12)24(19,20)23-11-13(10-21-5)17-15(18)22-16(2,3)4/h6-9,13H,10-11H2,1-5H3,(H,17,18)/t13-/m1/s1. The molecule has 136 valence electrons. The number of rotatable bonds is 7. The molecule has 1 aromatic carbocycles. The molecule has 0 aromatic heterocycles. The van der Waals surface area contributed by atoms with Gasteiger partial charge in [-0.2, -0.15) is 0 Å². The molecule has 0 saturated carbocycles. The monoisotopic (exact) mass is 375 g/mol. The Morgan fingerprint density at radius 2 is 1.83 bits per heavy atom. The number of amides is 1. The van der Waals surface area contributed by atoms with Gasteiger partial charge in [0.2, 0.25) is 8.87 Å². The molecule has 0 saturated heterocycles. The lowest BCUT2D eigenvalue weighted by molar-refractivity contribution is 0.0479. The van der Waals surface area contributed by atoms with Crippen molar-refractivity contribution in [1.82, 2.24) is 5.32 Å². The lowest BCUT2D eigenvalue weighted by atomic mass is 10.2. The van der Waals surface area contributed by atoms with Crippen LogP contribution in [0.3, 0.4) is 0 Å². The van der Waals surface area contributed by atoms with Gasteiger partial charge >= 0.3 is 6.09 Å². The predicted molar refractivity (Wildman–Crippen MR) is 95.9 cm³/mol. The summed E-state index contributed by atoms with van der Waals surface area (Å²) in [6, 6.07) is 6.17. The first-order valence-corrected chi connectivity index (χ1v) is 10.5. The van der Waals surface area contributed by atoms with Gasteiger partial charge in [-0.05, 0) is 50.6 Å². The van der Waals surface area contributed by atoms with Crippen LogP contribution in [0, 0.1) is 6.92 Å². The van der Waals surface area contributed by atoms with E-state index in [2.05, 4.69) is 5.32 Å². The normalized spacial score (nSPS) is 13.4. The van der Waals surface area contributed by atoms with Crippen LogP contribution in [-0.4, -0.2) is 45.6 Å². The zero-order chi connectivity index (χ0) is 18.4. The third-order valence-corrected chi connectivity index (χ3v) is 6.44. The van der Waals surface area contributed by atoms with Crippen molar-refractivity contribution in [3.8, 4) is 0 Å². The molecule has 1 aromatic rings. The van der Waals surface area contributed by atoms with E-state index in [-0.39, 0.29) is 17.3 Å². The first-order valence-electron chi connectivity index (χ1n) is 7.48. The fraction of sp³-hybridized carbons (Fsp3) is 0.562. The molecule has 0 spiro atoms. The quantitative estimate of drug-likeness (QED) is 0.738.